The van der Waals surface area contributed by atoms with Crippen LogP contribution in [0.4, 0.5) is 10.1 Å². The Morgan fingerprint density at radius 3 is 2.68 bits per heavy atom. The average molecular weight is 507 g/mol. The number of hydrogen-bond acceptors (Lipinski definition) is 6. The second-order valence-electron chi connectivity index (χ2n) is 9.39. The third-order valence-corrected chi connectivity index (χ3v) is 6.07. The third-order valence-electron chi connectivity index (χ3n) is 6.07. The summed E-state index contributed by atoms with van der Waals surface area (Å²) in [5, 5.41) is 10.3. The van der Waals surface area contributed by atoms with Gasteiger partial charge in [-0.3, -0.25) is 19.9 Å². The molecular weight excluding hydrogens is 483 g/mol. The molecule has 0 saturated heterocycles. The number of hydrogen-bond donors (Lipinski definition) is 3. The average Bonchev–Trinajstić information content (AvgIpc) is 3.52. The molecule has 9 nitrogen and oxygen atoms in total. The fourth-order valence-electron chi connectivity index (χ4n) is 4.35. The first-order valence-electron chi connectivity index (χ1n) is 12.2. The summed E-state index contributed by atoms with van der Waals surface area (Å²) in [6, 6.07) is 13.8. The van der Waals surface area contributed by atoms with Crippen LogP contribution >= 0.6 is 0 Å². The number of fused-ring (bicyclic) bond motifs is 2. The van der Waals surface area contributed by atoms with Crippen molar-refractivity contribution in [1.29, 1.82) is 0 Å². The highest BCUT2D eigenvalue weighted by molar-refractivity contribution is 5.95. The van der Waals surface area contributed by atoms with E-state index in [0.717, 1.165) is 11.1 Å². The molecule has 0 saturated carbocycles. The lowest BCUT2D eigenvalue weighted by Gasteiger charge is -2.08. The zero-order chi connectivity index (χ0) is 26.2. The Morgan fingerprint density at radius 1 is 1.00 bits per heavy atom. The van der Waals surface area contributed by atoms with Crippen LogP contribution in [0.1, 0.15) is 20.3 Å². The van der Waals surface area contributed by atoms with Crippen molar-refractivity contribution in [2.24, 2.45) is 5.92 Å². The molecule has 6 aromatic rings. The van der Waals surface area contributed by atoms with Gasteiger partial charge in [-0.1, -0.05) is 26.0 Å². The predicted molar refractivity (Wildman–Crippen MR) is 143 cm³/mol. The van der Waals surface area contributed by atoms with Crippen molar-refractivity contribution in [2.45, 2.75) is 20.3 Å². The zero-order valence-electron chi connectivity index (χ0n) is 20.7. The number of amides is 1. The molecule has 0 radical (unpaired) electrons. The largest absolute Gasteiger partial charge is 0.336 e. The van der Waals surface area contributed by atoms with Crippen LogP contribution in [0, 0.1) is 11.7 Å². The van der Waals surface area contributed by atoms with Gasteiger partial charge in [0, 0.05) is 29.9 Å². The molecule has 0 aliphatic heterocycles. The second-order valence-corrected chi connectivity index (χ2v) is 9.39. The molecule has 0 fully saturated rings. The fraction of sp³-hybridized carbons (Fsp3) is 0.143. The first kappa shape index (κ1) is 23.4. The number of nitrogens with zero attached hydrogens (tertiary/aromatic N) is 5. The molecule has 5 heterocycles. The summed E-state index contributed by atoms with van der Waals surface area (Å²) in [5.74, 6) is 0.305. The highest BCUT2D eigenvalue weighted by Gasteiger charge is 2.18. The van der Waals surface area contributed by atoms with Crippen molar-refractivity contribution in [3.63, 3.8) is 0 Å². The number of aromatic nitrogens is 7. The summed E-state index contributed by atoms with van der Waals surface area (Å²) < 4.78 is 14.5. The lowest BCUT2D eigenvalue weighted by atomic mass is 10.1. The molecule has 3 N–H and O–H groups in total. The molecule has 38 heavy (non-hydrogen) atoms. The Morgan fingerprint density at radius 2 is 1.84 bits per heavy atom. The molecule has 6 rings (SSSR count). The number of anilines is 1. The van der Waals surface area contributed by atoms with Crippen molar-refractivity contribution in [3.8, 4) is 34.0 Å². The van der Waals surface area contributed by atoms with Gasteiger partial charge in [0.05, 0.1) is 28.6 Å². The van der Waals surface area contributed by atoms with Crippen molar-refractivity contribution >= 4 is 33.7 Å². The Hall–Kier alpha value is -4.99. The predicted octanol–water partition coefficient (Wildman–Crippen LogP) is 5.75. The van der Waals surface area contributed by atoms with E-state index in [1.54, 1.807) is 42.9 Å². The van der Waals surface area contributed by atoms with E-state index in [1.165, 1.54) is 6.07 Å². The minimum Gasteiger partial charge on any atom is -0.336 e. The van der Waals surface area contributed by atoms with Crippen LogP contribution < -0.4 is 5.32 Å². The molecule has 0 bridgehead atoms. The van der Waals surface area contributed by atoms with Gasteiger partial charge in [0.25, 0.3) is 0 Å². The van der Waals surface area contributed by atoms with Crippen molar-refractivity contribution in [3.05, 3.63) is 72.9 Å². The van der Waals surface area contributed by atoms with Crippen LogP contribution in [0.25, 0.3) is 56.1 Å². The topological polar surface area (TPSA) is 125 Å². The Balaban J connectivity index is 1.39. The zero-order valence-corrected chi connectivity index (χ0v) is 20.7. The fourth-order valence-corrected chi connectivity index (χ4v) is 4.35. The van der Waals surface area contributed by atoms with Gasteiger partial charge in [-0.25, -0.2) is 14.4 Å². The highest BCUT2D eigenvalue weighted by Crippen LogP contribution is 2.31. The molecule has 10 heteroatoms. The van der Waals surface area contributed by atoms with Gasteiger partial charge in [0.1, 0.15) is 22.5 Å². The van der Waals surface area contributed by atoms with E-state index >= 15 is 0 Å². The van der Waals surface area contributed by atoms with Crippen LogP contribution in [0.3, 0.4) is 0 Å². The van der Waals surface area contributed by atoms with E-state index in [-0.39, 0.29) is 17.6 Å². The maximum absolute atomic E-state index is 14.5. The maximum atomic E-state index is 14.5. The molecule has 0 aliphatic rings. The van der Waals surface area contributed by atoms with Crippen LogP contribution in [0.15, 0.2) is 67.1 Å². The normalized spacial score (nSPS) is 11.5. The lowest BCUT2D eigenvalue weighted by Crippen LogP contribution is -2.14. The van der Waals surface area contributed by atoms with Gasteiger partial charge >= 0.3 is 0 Å². The van der Waals surface area contributed by atoms with E-state index in [1.807, 2.05) is 32.0 Å². The Kier molecular flexibility index (Phi) is 5.83. The SMILES string of the molecule is CC(C)CC(=O)Nc1cncc(-c2ccc3[nH]nc(-c4nc5c(-c6ccccc6F)nccc5[nH]4)c3n2)c1. The number of benzene rings is 1. The number of H-pyrrole nitrogens is 2. The van der Waals surface area contributed by atoms with Gasteiger partial charge in [-0.15, -0.1) is 0 Å². The number of nitrogens with one attached hydrogen (secondary N) is 3. The summed E-state index contributed by atoms with van der Waals surface area (Å²) >= 11 is 0. The number of carbonyl (C=O) groups excluding carboxylic acids is 1. The minimum absolute atomic E-state index is 0.0615. The van der Waals surface area contributed by atoms with Crippen LogP contribution in [-0.4, -0.2) is 41.0 Å². The summed E-state index contributed by atoms with van der Waals surface area (Å²) in [7, 11) is 0. The van der Waals surface area contributed by atoms with Crippen LogP contribution in [0.5, 0.6) is 0 Å². The van der Waals surface area contributed by atoms with Crippen molar-refractivity contribution in [2.75, 3.05) is 5.32 Å². The molecule has 0 spiro atoms. The number of pyridine rings is 3. The molecule has 1 aromatic carbocycles. The Bertz CT molecular complexity index is 1810. The third kappa shape index (κ3) is 4.36. The summed E-state index contributed by atoms with van der Waals surface area (Å²) in [6.45, 7) is 3.99. The summed E-state index contributed by atoms with van der Waals surface area (Å²) in [6.07, 6.45) is 5.35. The number of halogens is 1. The molecule has 0 unspecified atom stereocenters. The smallest absolute Gasteiger partial charge is 0.224 e. The standard InChI is InChI=1S/C28H23FN8O/c1-15(2)11-23(38)32-17-12-16(13-30-14-17)20-7-8-22-26(33-20)27(37-36-22)28-34-21-9-10-31-24(25(21)35-28)18-5-3-4-6-19(18)29/h3-10,12-15H,11H2,1-2H3,(H,32,38)(H,34,35)(H,36,37). The van der Waals surface area contributed by atoms with E-state index in [0.29, 0.717) is 57.1 Å². The Labute approximate surface area is 216 Å². The van der Waals surface area contributed by atoms with E-state index in [9.17, 15) is 9.18 Å². The number of aromatic amines is 2. The molecule has 0 atom stereocenters. The highest BCUT2D eigenvalue weighted by atomic mass is 19.1. The van der Waals surface area contributed by atoms with Gasteiger partial charge in [0.15, 0.2) is 11.5 Å². The quantitative estimate of drug-likeness (QED) is 0.264. The monoisotopic (exact) mass is 506 g/mol. The molecular formula is C28H23FN8O. The first-order chi connectivity index (χ1) is 18.5. The van der Waals surface area contributed by atoms with Gasteiger partial charge in [0.2, 0.25) is 5.91 Å². The van der Waals surface area contributed by atoms with E-state index in [4.69, 9.17) is 9.97 Å². The van der Waals surface area contributed by atoms with Crippen molar-refractivity contribution in [1.82, 2.24) is 35.1 Å². The van der Waals surface area contributed by atoms with Crippen LogP contribution in [-0.2, 0) is 4.79 Å². The molecule has 5 aromatic heterocycles. The second kappa shape index (κ2) is 9.47. The van der Waals surface area contributed by atoms with E-state index in [2.05, 4.69) is 30.5 Å². The maximum Gasteiger partial charge on any atom is 0.224 e. The van der Waals surface area contributed by atoms with Crippen LogP contribution in [0.2, 0.25) is 0 Å². The van der Waals surface area contributed by atoms with Gasteiger partial charge < -0.3 is 10.3 Å². The minimum atomic E-state index is -0.371. The molecule has 1 amide bonds. The number of rotatable bonds is 6. The molecule has 0 aliphatic carbocycles. The number of imidazole rings is 1. The first-order valence-corrected chi connectivity index (χ1v) is 12.2. The van der Waals surface area contributed by atoms with Crippen molar-refractivity contribution < 1.29 is 9.18 Å². The summed E-state index contributed by atoms with van der Waals surface area (Å²) in [4.78, 5) is 33.7. The lowest BCUT2D eigenvalue weighted by molar-refractivity contribution is -0.116. The van der Waals surface area contributed by atoms with Gasteiger partial charge in [-0.2, -0.15) is 5.10 Å². The van der Waals surface area contributed by atoms with Gasteiger partial charge in [-0.05, 0) is 42.3 Å². The summed E-state index contributed by atoms with van der Waals surface area (Å²) in [5.41, 5.74) is 5.93. The van der Waals surface area contributed by atoms with E-state index < -0.39 is 0 Å². The number of carbonyl (C=O) groups is 1. The molecule has 188 valence electrons.